The highest BCUT2D eigenvalue weighted by Crippen LogP contribution is 2.26. The molecule has 0 aliphatic carbocycles. The summed E-state index contributed by atoms with van der Waals surface area (Å²) in [6.07, 6.45) is 3.37. The maximum Gasteiger partial charge on any atom is 0.250 e. The molecule has 4 aromatic rings. The molecule has 36 heavy (non-hydrogen) atoms. The summed E-state index contributed by atoms with van der Waals surface area (Å²) in [5, 5.41) is 11.3. The van der Waals surface area contributed by atoms with Crippen molar-refractivity contribution >= 4 is 22.8 Å². The average molecular weight is 488 g/mol. The van der Waals surface area contributed by atoms with Gasteiger partial charge >= 0.3 is 0 Å². The number of carbonyl (C=O) groups is 2. The molecule has 2 amide bonds. The van der Waals surface area contributed by atoms with Gasteiger partial charge in [-0.25, -0.2) is 4.68 Å². The first-order valence-electron chi connectivity index (χ1n) is 12.1. The molecule has 0 bridgehead atoms. The Morgan fingerprint density at radius 3 is 2.72 bits per heavy atom. The Kier molecular flexibility index (Phi) is 7.08. The van der Waals surface area contributed by atoms with E-state index in [1.807, 2.05) is 55.5 Å². The SMILES string of the molecule is Cc1ccc(CN(C(=O)Cn2nnc3ccccc32)[C@H](C(=O)NC[C@H]2CCCO2)c2ccco2)cc1. The van der Waals surface area contributed by atoms with Crippen LogP contribution in [0.15, 0.2) is 71.3 Å². The number of fused-ring (bicyclic) bond motifs is 1. The molecule has 2 aromatic carbocycles. The third kappa shape index (κ3) is 5.31. The van der Waals surface area contributed by atoms with Crippen molar-refractivity contribution in [2.24, 2.45) is 0 Å². The van der Waals surface area contributed by atoms with E-state index >= 15 is 0 Å². The zero-order valence-corrected chi connectivity index (χ0v) is 20.2. The Hall–Kier alpha value is -3.98. The lowest BCUT2D eigenvalue weighted by atomic mass is 10.1. The van der Waals surface area contributed by atoms with E-state index in [9.17, 15) is 9.59 Å². The third-order valence-electron chi connectivity index (χ3n) is 6.40. The first kappa shape index (κ1) is 23.7. The zero-order valence-electron chi connectivity index (χ0n) is 20.2. The van der Waals surface area contributed by atoms with Gasteiger partial charge in [-0.3, -0.25) is 9.59 Å². The van der Waals surface area contributed by atoms with Crippen LogP contribution in [0.2, 0.25) is 0 Å². The van der Waals surface area contributed by atoms with E-state index in [-0.39, 0.29) is 31.0 Å². The normalized spacial score (nSPS) is 16.2. The fraction of sp³-hybridized carbons (Fsp3) is 0.333. The Morgan fingerprint density at radius 2 is 1.97 bits per heavy atom. The summed E-state index contributed by atoms with van der Waals surface area (Å²) in [5.74, 6) is -0.201. The van der Waals surface area contributed by atoms with E-state index in [2.05, 4.69) is 15.6 Å². The number of hydrogen-bond donors (Lipinski definition) is 1. The second-order valence-corrected chi connectivity index (χ2v) is 9.04. The Bertz CT molecular complexity index is 1310. The van der Waals surface area contributed by atoms with Gasteiger partial charge in [-0.1, -0.05) is 47.2 Å². The summed E-state index contributed by atoms with van der Waals surface area (Å²) in [4.78, 5) is 28.9. The largest absolute Gasteiger partial charge is 0.467 e. The molecule has 1 fully saturated rings. The van der Waals surface area contributed by atoms with E-state index in [1.165, 1.54) is 6.26 Å². The van der Waals surface area contributed by atoms with Crippen LogP contribution in [0.4, 0.5) is 0 Å². The van der Waals surface area contributed by atoms with Crippen molar-refractivity contribution in [3.63, 3.8) is 0 Å². The number of para-hydroxylation sites is 1. The second-order valence-electron chi connectivity index (χ2n) is 9.04. The average Bonchev–Trinajstić information content (AvgIpc) is 3.67. The summed E-state index contributed by atoms with van der Waals surface area (Å²) < 4.78 is 12.9. The van der Waals surface area contributed by atoms with Crippen LogP contribution >= 0.6 is 0 Å². The van der Waals surface area contributed by atoms with Gasteiger partial charge in [0.25, 0.3) is 5.91 Å². The van der Waals surface area contributed by atoms with Crippen molar-refractivity contribution in [3.05, 3.63) is 83.8 Å². The van der Waals surface area contributed by atoms with Crippen molar-refractivity contribution in [2.45, 2.75) is 45.0 Å². The van der Waals surface area contributed by atoms with Crippen molar-refractivity contribution in [3.8, 4) is 0 Å². The quantitative estimate of drug-likeness (QED) is 0.388. The van der Waals surface area contributed by atoms with Gasteiger partial charge in [-0.15, -0.1) is 5.10 Å². The Labute approximate surface area is 209 Å². The van der Waals surface area contributed by atoms with Crippen molar-refractivity contribution in [1.82, 2.24) is 25.2 Å². The van der Waals surface area contributed by atoms with Crippen molar-refractivity contribution in [2.75, 3.05) is 13.2 Å². The van der Waals surface area contributed by atoms with Crippen LogP contribution in [0.25, 0.3) is 11.0 Å². The number of carbonyl (C=O) groups excluding carboxylic acids is 2. The molecule has 2 aromatic heterocycles. The van der Waals surface area contributed by atoms with Gasteiger partial charge in [0.05, 0.1) is 17.9 Å². The molecule has 0 unspecified atom stereocenters. The van der Waals surface area contributed by atoms with Gasteiger partial charge in [-0.05, 0) is 49.6 Å². The maximum atomic E-state index is 13.8. The number of aryl methyl sites for hydroxylation is 1. The van der Waals surface area contributed by atoms with Crippen LogP contribution in [0, 0.1) is 6.92 Å². The van der Waals surface area contributed by atoms with Crippen molar-refractivity contribution < 1.29 is 18.7 Å². The lowest BCUT2D eigenvalue weighted by molar-refractivity contribution is -0.143. The van der Waals surface area contributed by atoms with Crippen LogP contribution in [-0.2, 0) is 27.4 Å². The minimum absolute atomic E-state index is 0.0195. The summed E-state index contributed by atoms with van der Waals surface area (Å²) in [7, 11) is 0. The number of ether oxygens (including phenoxy) is 1. The van der Waals surface area contributed by atoms with Crippen molar-refractivity contribution in [1.29, 1.82) is 0 Å². The number of hydrogen-bond acceptors (Lipinski definition) is 6. The van der Waals surface area contributed by atoms with Crippen LogP contribution in [-0.4, -0.2) is 51.0 Å². The highest BCUT2D eigenvalue weighted by molar-refractivity contribution is 5.88. The number of rotatable bonds is 9. The second kappa shape index (κ2) is 10.7. The molecule has 1 aliphatic heterocycles. The molecule has 9 heteroatoms. The zero-order chi connectivity index (χ0) is 24.9. The number of amides is 2. The van der Waals surface area contributed by atoms with Gasteiger partial charge in [0.2, 0.25) is 5.91 Å². The summed E-state index contributed by atoms with van der Waals surface area (Å²) in [6, 6.07) is 17.8. The minimum atomic E-state index is -0.954. The molecule has 1 N–H and O–H groups in total. The summed E-state index contributed by atoms with van der Waals surface area (Å²) in [6.45, 7) is 3.25. The van der Waals surface area contributed by atoms with Crippen LogP contribution < -0.4 is 5.32 Å². The number of nitrogens with zero attached hydrogens (tertiary/aromatic N) is 4. The molecule has 1 aliphatic rings. The molecule has 3 heterocycles. The number of aromatic nitrogens is 3. The number of nitrogens with one attached hydrogen (secondary N) is 1. The molecular formula is C27H29N5O4. The van der Waals surface area contributed by atoms with Gasteiger partial charge in [0, 0.05) is 19.7 Å². The van der Waals surface area contributed by atoms with Gasteiger partial charge in [-0.2, -0.15) is 0 Å². The fourth-order valence-electron chi connectivity index (χ4n) is 4.45. The van der Waals surface area contributed by atoms with E-state index in [4.69, 9.17) is 9.15 Å². The molecule has 9 nitrogen and oxygen atoms in total. The summed E-state index contributed by atoms with van der Waals surface area (Å²) in [5.41, 5.74) is 3.47. The number of benzene rings is 2. The lowest BCUT2D eigenvalue weighted by Gasteiger charge is -2.30. The summed E-state index contributed by atoms with van der Waals surface area (Å²) >= 11 is 0. The maximum absolute atomic E-state index is 13.8. The smallest absolute Gasteiger partial charge is 0.250 e. The molecule has 186 valence electrons. The van der Waals surface area contributed by atoms with Crippen LogP contribution in [0.1, 0.15) is 35.8 Å². The molecule has 1 saturated heterocycles. The highest BCUT2D eigenvalue weighted by Gasteiger charge is 2.34. The van der Waals surface area contributed by atoms with Gasteiger partial charge < -0.3 is 19.4 Å². The van der Waals surface area contributed by atoms with E-state index in [0.717, 1.165) is 29.5 Å². The van der Waals surface area contributed by atoms with Crippen LogP contribution in [0.3, 0.4) is 0 Å². The van der Waals surface area contributed by atoms with Gasteiger partial charge in [0.15, 0.2) is 6.04 Å². The van der Waals surface area contributed by atoms with E-state index in [1.54, 1.807) is 21.7 Å². The molecule has 0 saturated carbocycles. The molecule has 2 atom stereocenters. The highest BCUT2D eigenvalue weighted by atomic mass is 16.5. The molecular weight excluding hydrogens is 458 g/mol. The topological polar surface area (TPSA) is 102 Å². The Balaban J connectivity index is 1.45. The predicted octanol–water partition coefficient (Wildman–Crippen LogP) is 3.40. The monoisotopic (exact) mass is 487 g/mol. The third-order valence-corrected chi connectivity index (χ3v) is 6.40. The first-order valence-corrected chi connectivity index (χ1v) is 12.1. The van der Waals surface area contributed by atoms with Crippen LogP contribution in [0.5, 0.6) is 0 Å². The standard InChI is InChI=1S/C27H29N5O4/c1-19-10-12-20(13-11-19)17-31(25(33)18-32-23-8-3-2-7-22(23)29-30-32)26(24-9-5-15-36-24)27(34)28-16-21-6-4-14-35-21/h2-3,5,7-13,15,21,26H,4,6,14,16-18H2,1H3,(H,28,34)/t21-,26+/m1/s1. The predicted molar refractivity (Wildman–Crippen MR) is 133 cm³/mol. The van der Waals surface area contributed by atoms with E-state index in [0.29, 0.717) is 24.4 Å². The lowest BCUT2D eigenvalue weighted by Crippen LogP contribution is -2.46. The van der Waals surface area contributed by atoms with Gasteiger partial charge in [0.1, 0.15) is 17.8 Å². The Morgan fingerprint density at radius 1 is 1.14 bits per heavy atom. The molecule has 0 radical (unpaired) electrons. The number of furan rings is 1. The van der Waals surface area contributed by atoms with E-state index < -0.39 is 6.04 Å². The first-order chi connectivity index (χ1) is 17.6. The fourth-order valence-corrected chi connectivity index (χ4v) is 4.45. The minimum Gasteiger partial charge on any atom is -0.467 e. The molecule has 0 spiro atoms. The molecule has 5 rings (SSSR count).